The van der Waals surface area contributed by atoms with Gasteiger partial charge in [-0.05, 0) is 0 Å². The van der Waals surface area contributed by atoms with Crippen LogP contribution in [0.4, 0.5) is 5.69 Å². The van der Waals surface area contributed by atoms with Crippen LogP contribution in [-0.4, -0.2) is 28.7 Å². The first-order valence-electron chi connectivity index (χ1n) is 5.95. The summed E-state index contributed by atoms with van der Waals surface area (Å²) in [5.74, 6) is -0.676. The molecule has 0 fully saturated rings. The number of hydrazone groups is 2. The first-order chi connectivity index (χ1) is 10.0. The Labute approximate surface area is 118 Å². The van der Waals surface area contributed by atoms with Gasteiger partial charge < -0.3 is 0 Å². The minimum atomic E-state index is -0.516. The van der Waals surface area contributed by atoms with Crippen LogP contribution in [0.1, 0.15) is 18.4 Å². The number of nitro groups is 1. The SMILES string of the molecule is O=C1CC(CC(=O)N/N=C/c2cccc([N+](=O)[O-])c2)=NN1. The summed E-state index contributed by atoms with van der Waals surface area (Å²) in [7, 11) is 0. The van der Waals surface area contributed by atoms with E-state index in [-0.39, 0.29) is 24.4 Å². The van der Waals surface area contributed by atoms with Crippen molar-refractivity contribution in [3.63, 3.8) is 0 Å². The van der Waals surface area contributed by atoms with Gasteiger partial charge in [-0.3, -0.25) is 19.7 Å². The third-order valence-electron chi connectivity index (χ3n) is 2.55. The van der Waals surface area contributed by atoms with Crippen LogP contribution in [0.3, 0.4) is 0 Å². The molecule has 1 heterocycles. The number of rotatable bonds is 5. The predicted molar refractivity (Wildman–Crippen MR) is 73.6 cm³/mol. The number of hydrogen-bond acceptors (Lipinski definition) is 6. The number of nitrogens with one attached hydrogen (secondary N) is 2. The fraction of sp³-hybridized carbons (Fsp3) is 0.167. The lowest BCUT2D eigenvalue weighted by Crippen LogP contribution is -2.20. The molecule has 0 saturated heterocycles. The molecule has 0 aliphatic carbocycles. The topological polar surface area (TPSA) is 126 Å². The molecule has 0 saturated carbocycles. The van der Waals surface area contributed by atoms with Gasteiger partial charge in [-0.15, -0.1) is 0 Å². The molecule has 0 unspecified atom stereocenters. The third-order valence-corrected chi connectivity index (χ3v) is 2.55. The van der Waals surface area contributed by atoms with Crippen molar-refractivity contribution in [2.45, 2.75) is 12.8 Å². The minimum Gasteiger partial charge on any atom is -0.273 e. The standard InChI is InChI=1S/C12H11N5O4/c18-11(5-9-6-12(19)16-14-9)15-13-7-8-2-1-3-10(4-8)17(20)21/h1-4,7H,5-6H2,(H,15,18)(H,16,19)/b13-7+. The smallest absolute Gasteiger partial charge is 0.270 e. The predicted octanol–water partition coefficient (Wildman–Crippen LogP) is 0.311. The van der Waals surface area contributed by atoms with E-state index in [1.165, 1.54) is 24.4 Å². The number of amides is 2. The first-order valence-corrected chi connectivity index (χ1v) is 5.95. The number of carbonyl (C=O) groups is 2. The number of benzene rings is 1. The zero-order valence-corrected chi connectivity index (χ0v) is 10.8. The van der Waals surface area contributed by atoms with E-state index in [4.69, 9.17) is 0 Å². The second-order valence-corrected chi connectivity index (χ2v) is 4.21. The summed E-state index contributed by atoms with van der Waals surface area (Å²) >= 11 is 0. The van der Waals surface area contributed by atoms with Crippen molar-refractivity contribution in [3.8, 4) is 0 Å². The molecule has 2 rings (SSSR count). The van der Waals surface area contributed by atoms with Crippen LogP contribution in [0.2, 0.25) is 0 Å². The van der Waals surface area contributed by atoms with Crippen molar-refractivity contribution in [1.29, 1.82) is 0 Å². The van der Waals surface area contributed by atoms with Gasteiger partial charge in [0.15, 0.2) is 0 Å². The fourth-order valence-electron chi connectivity index (χ4n) is 1.63. The Hall–Kier alpha value is -3.10. The molecule has 1 aromatic rings. The molecule has 21 heavy (non-hydrogen) atoms. The largest absolute Gasteiger partial charge is 0.273 e. The zero-order valence-electron chi connectivity index (χ0n) is 10.8. The van der Waals surface area contributed by atoms with Crippen molar-refractivity contribution in [2.24, 2.45) is 10.2 Å². The molecule has 0 aromatic heterocycles. The Kier molecular flexibility index (Phi) is 4.34. The highest BCUT2D eigenvalue weighted by Gasteiger charge is 2.16. The van der Waals surface area contributed by atoms with E-state index in [1.54, 1.807) is 6.07 Å². The summed E-state index contributed by atoms with van der Waals surface area (Å²) < 4.78 is 0. The Morgan fingerprint density at radius 1 is 1.57 bits per heavy atom. The summed E-state index contributed by atoms with van der Waals surface area (Å²) in [6.45, 7) is 0. The van der Waals surface area contributed by atoms with E-state index in [9.17, 15) is 19.7 Å². The number of nitrogens with zero attached hydrogens (tertiary/aromatic N) is 3. The molecule has 0 radical (unpaired) electrons. The molecule has 2 amide bonds. The van der Waals surface area contributed by atoms with Crippen molar-refractivity contribution in [2.75, 3.05) is 0 Å². The lowest BCUT2D eigenvalue weighted by Gasteiger charge is -1.98. The zero-order chi connectivity index (χ0) is 15.2. The van der Waals surface area contributed by atoms with E-state index in [0.29, 0.717) is 11.3 Å². The molecule has 108 valence electrons. The van der Waals surface area contributed by atoms with Crippen molar-refractivity contribution in [3.05, 3.63) is 39.9 Å². The number of hydrogen-bond donors (Lipinski definition) is 2. The average molecular weight is 289 g/mol. The van der Waals surface area contributed by atoms with Crippen LogP contribution >= 0.6 is 0 Å². The second-order valence-electron chi connectivity index (χ2n) is 4.21. The molecule has 1 aliphatic rings. The van der Waals surface area contributed by atoms with Gasteiger partial charge in [0.1, 0.15) is 0 Å². The Bertz CT molecular complexity index is 653. The maximum Gasteiger partial charge on any atom is 0.270 e. The van der Waals surface area contributed by atoms with Crippen LogP contribution < -0.4 is 10.9 Å². The highest BCUT2D eigenvalue weighted by Crippen LogP contribution is 2.11. The number of carbonyl (C=O) groups excluding carboxylic acids is 2. The molecule has 1 aliphatic heterocycles. The molecule has 9 nitrogen and oxygen atoms in total. The minimum absolute atomic E-state index is 0.0367. The van der Waals surface area contributed by atoms with Crippen LogP contribution in [0.25, 0.3) is 0 Å². The van der Waals surface area contributed by atoms with Gasteiger partial charge in [0.25, 0.3) is 5.69 Å². The molecule has 0 atom stereocenters. The van der Waals surface area contributed by atoms with E-state index < -0.39 is 10.8 Å². The quantitative estimate of drug-likeness (QED) is 0.459. The van der Waals surface area contributed by atoms with E-state index in [2.05, 4.69) is 21.1 Å². The molecule has 0 bridgehead atoms. The maximum atomic E-state index is 11.5. The normalized spacial score (nSPS) is 13.9. The molecule has 0 spiro atoms. The summed E-state index contributed by atoms with van der Waals surface area (Å²) in [4.78, 5) is 32.5. The van der Waals surface area contributed by atoms with E-state index >= 15 is 0 Å². The van der Waals surface area contributed by atoms with Crippen LogP contribution in [0.15, 0.2) is 34.5 Å². The molecule has 9 heteroatoms. The Balaban J connectivity index is 1.87. The van der Waals surface area contributed by atoms with Crippen LogP contribution in [0.5, 0.6) is 0 Å². The Morgan fingerprint density at radius 2 is 2.38 bits per heavy atom. The number of non-ortho nitro benzene ring substituents is 1. The summed E-state index contributed by atoms with van der Waals surface area (Å²) in [6, 6.07) is 5.83. The highest BCUT2D eigenvalue weighted by molar-refractivity contribution is 6.11. The van der Waals surface area contributed by atoms with Crippen molar-refractivity contribution >= 4 is 29.4 Å². The van der Waals surface area contributed by atoms with Gasteiger partial charge in [0, 0.05) is 17.7 Å². The summed E-state index contributed by atoms with van der Waals surface area (Å²) in [5, 5.41) is 18.0. The Morgan fingerprint density at radius 3 is 3.05 bits per heavy atom. The van der Waals surface area contributed by atoms with Gasteiger partial charge in [0.05, 0.1) is 29.7 Å². The first kappa shape index (κ1) is 14.3. The highest BCUT2D eigenvalue weighted by atomic mass is 16.6. The van der Waals surface area contributed by atoms with Gasteiger partial charge in [-0.25, -0.2) is 10.9 Å². The van der Waals surface area contributed by atoms with Gasteiger partial charge in [-0.1, -0.05) is 12.1 Å². The van der Waals surface area contributed by atoms with Crippen molar-refractivity contribution in [1.82, 2.24) is 10.9 Å². The molecular formula is C12H11N5O4. The van der Waals surface area contributed by atoms with E-state index in [1.807, 2.05) is 0 Å². The average Bonchev–Trinajstić information content (AvgIpc) is 2.84. The number of nitro benzene ring substituents is 1. The fourth-order valence-corrected chi connectivity index (χ4v) is 1.63. The third kappa shape index (κ3) is 4.20. The molecular weight excluding hydrogens is 278 g/mol. The van der Waals surface area contributed by atoms with Gasteiger partial charge in [-0.2, -0.15) is 10.2 Å². The second kappa shape index (κ2) is 6.37. The maximum absolute atomic E-state index is 11.5. The summed E-state index contributed by atoms with van der Waals surface area (Å²) in [6.07, 6.45) is 1.36. The van der Waals surface area contributed by atoms with Crippen molar-refractivity contribution < 1.29 is 14.5 Å². The van der Waals surface area contributed by atoms with Gasteiger partial charge in [0.2, 0.25) is 11.8 Å². The van der Waals surface area contributed by atoms with E-state index in [0.717, 1.165) is 0 Å². The summed E-state index contributed by atoms with van der Waals surface area (Å²) in [5.41, 5.74) is 5.36. The molecule has 2 N–H and O–H groups in total. The van der Waals surface area contributed by atoms with Gasteiger partial charge >= 0.3 is 0 Å². The van der Waals surface area contributed by atoms with Crippen LogP contribution in [-0.2, 0) is 9.59 Å². The van der Waals surface area contributed by atoms with Crippen LogP contribution in [0, 0.1) is 10.1 Å². The molecule has 1 aromatic carbocycles. The monoisotopic (exact) mass is 289 g/mol. The lowest BCUT2D eigenvalue weighted by molar-refractivity contribution is -0.384. The lowest BCUT2D eigenvalue weighted by atomic mass is 10.2.